The fraction of sp³-hybridized carbons (Fsp3) is 0. The van der Waals surface area contributed by atoms with Gasteiger partial charge in [-0.3, -0.25) is 0 Å². The Morgan fingerprint density at radius 3 is 2.70 bits per heavy atom. The molecule has 0 amide bonds. The van der Waals surface area contributed by atoms with Crippen molar-refractivity contribution >= 4 is 18.2 Å². The van der Waals surface area contributed by atoms with Crippen molar-refractivity contribution in [2.75, 3.05) is 5.73 Å². The molecule has 0 aliphatic carbocycles. The first kappa shape index (κ1) is 8.73. The van der Waals surface area contributed by atoms with Gasteiger partial charge in [0.05, 0.1) is 5.56 Å². The van der Waals surface area contributed by atoms with Gasteiger partial charge in [0, 0.05) is 6.20 Å². The molecular weight excluding hydrogens is 150 g/mol. The topological polar surface area (TPSA) is 62.7 Å². The van der Waals surface area contributed by atoms with Gasteiger partial charge in [0.25, 0.3) is 0 Å². The highest BCUT2D eigenvalue weighted by Gasteiger charge is 1.92. The van der Waals surface area contributed by atoms with Crippen LogP contribution in [-0.2, 0) is 0 Å². The van der Waals surface area contributed by atoms with Crippen molar-refractivity contribution in [3.05, 3.63) is 23.9 Å². The lowest BCUT2D eigenvalue weighted by Gasteiger charge is -1.90. The highest BCUT2D eigenvalue weighted by molar-refractivity contribution is 5.85. The lowest BCUT2D eigenvalue weighted by atomic mass is 10.3. The molecule has 0 aromatic carbocycles. The molecule has 0 bridgehead atoms. The zero-order chi connectivity index (χ0) is 6.69. The summed E-state index contributed by atoms with van der Waals surface area (Å²) in [5.41, 5.74) is 5.73. The number of aromatic nitrogens is 1. The van der Waals surface area contributed by atoms with Crippen LogP contribution < -0.4 is 5.73 Å². The number of halogens is 1. The van der Waals surface area contributed by atoms with Crippen LogP contribution in [0.15, 0.2) is 18.3 Å². The smallest absolute Gasteiger partial charge is 0.141 e. The van der Waals surface area contributed by atoms with Gasteiger partial charge in [-0.1, -0.05) is 0 Å². The summed E-state index contributed by atoms with van der Waals surface area (Å²) < 4.78 is 0. The van der Waals surface area contributed by atoms with Gasteiger partial charge in [0.1, 0.15) is 11.9 Å². The van der Waals surface area contributed by atoms with Gasteiger partial charge in [-0.15, -0.1) is 12.4 Å². The summed E-state index contributed by atoms with van der Waals surface area (Å²) in [4.78, 5) is 3.71. The highest BCUT2D eigenvalue weighted by atomic mass is 35.5. The SMILES string of the molecule is Cl.N#Cc1cccnc1N. The normalized spacial score (nSPS) is 7.50. The molecule has 0 aliphatic heterocycles. The van der Waals surface area contributed by atoms with E-state index in [1.165, 1.54) is 0 Å². The molecule has 0 unspecified atom stereocenters. The zero-order valence-electron chi connectivity index (χ0n) is 5.11. The number of anilines is 1. The summed E-state index contributed by atoms with van der Waals surface area (Å²) in [7, 11) is 0. The molecule has 0 atom stereocenters. The molecule has 3 nitrogen and oxygen atoms in total. The van der Waals surface area contributed by atoms with E-state index in [9.17, 15) is 0 Å². The lowest BCUT2D eigenvalue weighted by Crippen LogP contribution is -1.91. The Hall–Kier alpha value is -1.27. The van der Waals surface area contributed by atoms with Crippen molar-refractivity contribution < 1.29 is 0 Å². The number of nitrogens with two attached hydrogens (primary N) is 1. The monoisotopic (exact) mass is 155 g/mol. The largest absolute Gasteiger partial charge is 0.383 e. The molecule has 0 saturated carbocycles. The van der Waals surface area contributed by atoms with E-state index < -0.39 is 0 Å². The van der Waals surface area contributed by atoms with Gasteiger partial charge in [0.2, 0.25) is 0 Å². The lowest BCUT2D eigenvalue weighted by molar-refractivity contribution is 1.31. The third kappa shape index (κ3) is 1.61. The number of hydrogen-bond donors (Lipinski definition) is 1. The molecule has 52 valence electrons. The Morgan fingerprint density at radius 2 is 2.30 bits per heavy atom. The molecule has 1 heterocycles. The van der Waals surface area contributed by atoms with Crippen LogP contribution in [0, 0.1) is 11.3 Å². The van der Waals surface area contributed by atoms with Crippen molar-refractivity contribution in [3.63, 3.8) is 0 Å². The number of pyridine rings is 1. The van der Waals surface area contributed by atoms with Gasteiger partial charge in [-0.2, -0.15) is 5.26 Å². The summed E-state index contributed by atoms with van der Waals surface area (Å²) >= 11 is 0. The van der Waals surface area contributed by atoms with E-state index in [0.717, 1.165) is 0 Å². The maximum absolute atomic E-state index is 8.35. The standard InChI is InChI=1S/C6H5N3.ClH/c7-4-5-2-1-3-9-6(5)8;/h1-3H,(H2,8,9);1H. The maximum Gasteiger partial charge on any atom is 0.141 e. The van der Waals surface area contributed by atoms with Gasteiger partial charge >= 0.3 is 0 Å². The molecule has 2 N–H and O–H groups in total. The van der Waals surface area contributed by atoms with E-state index in [4.69, 9.17) is 11.0 Å². The second kappa shape index (κ2) is 3.70. The molecule has 1 aromatic heterocycles. The Kier molecular flexibility index (Phi) is 3.23. The van der Waals surface area contributed by atoms with Gasteiger partial charge in [-0.05, 0) is 12.1 Å². The summed E-state index contributed by atoms with van der Waals surface area (Å²) in [6, 6.07) is 5.21. The van der Waals surface area contributed by atoms with Crippen molar-refractivity contribution in [1.29, 1.82) is 5.26 Å². The summed E-state index contributed by atoms with van der Waals surface area (Å²) in [6.45, 7) is 0. The van der Waals surface area contributed by atoms with Crippen LogP contribution in [0.2, 0.25) is 0 Å². The fourth-order valence-corrected chi connectivity index (χ4v) is 0.512. The van der Waals surface area contributed by atoms with Gasteiger partial charge in [0.15, 0.2) is 0 Å². The van der Waals surface area contributed by atoms with E-state index >= 15 is 0 Å². The number of rotatable bonds is 0. The van der Waals surface area contributed by atoms with Crippen LogP contribution in [0.3, 0.4) is 0 Å². The number of nitrogens with zero attached hydrogens (tertiary/aromatic N) is 2. The molecule has 10 heavy (non-hydrogen) atoms. The average Bonchev–Trinajstić information content (AvgIpc) is 1.89. The first-order chi connectivity index (χ1) is 4.34. The minimum atomic E-state index is 0. The first-order valence-corrected chi connectivity index (χ1v) is 2.45. The maximum atomic E-state index is 8.35. The average molecular weight is 156 g/mol. The predicted molar refractivity (Wildman–Crippen MR) is 40.6 cm³/mol. The Labute approximate surface area is 64.9 Å². The second-order valence-corrected chi connectivity index (χ2v) is 1.55. The van der Waals surface area contributed by atoms with Crippen LogP contribution >= 0.6 is 12.4 Å². The summed E-state index contributed by atoms with van der Waals surface area (Å²) in [5.74, 6) is 0.292. The summed E-state index contributed by atoms with van der Waals surface area (Å²) in [6.07, 6.45) is 1.55. The molecule has 0 spiro atoms. The molecule has 0 fully saturated rings. The zero-order valence-corrected chi connectivity index (χ0v) is 5.93. The van der Waals surface area contributed by atoms with Crippen LogP contribution in [0.4, 0.5) is 5.82 Å². The Balaban J connectivity index is 0.000000810. The molecular formula is C6H6ClN3. The van der Waals surface area contributed by atoms with Crippen LogP contribution in [-0.4, -0.2) is 4.98 Å². The number of hydrogen-bond acceptors (Lipinski definition) is 3. The van der Waals surface area contributed by atoms with Crippen molar-refractivity contribution in [2.45, 2.75) is 0 Å². The van der Waals surface area contributed by atoms with Gasteiger partial charge < -0.3 is 5.73 Å². The summed E-state index contributed by atoms with van der Waals surface area (Å²) in [5, 5.41) is 8.35. The molecule has 4 heteroatoms. The van der Waals surface area contributed by atoms with E-state index in [1.807, 2.05) is 6.07 Å². The number of nitriles is 1. The first-order valence-electron chi connectivity index (χ1n) is 2.45. The minimum absolute atomic E-state index is 0. The molecule has 0 radical (unpaired) electrons. The second-order valence-electron chi connectivity index (χ2n) is 1.55. The van der Waals surface area contributed by atoms with Crippen molar-refractivity contribution in [3.8, 4) is 6.07 Å². The quantitative estimate of drug-likeness (QED) is 0.607. The van der Waals surface area contributed by atoms with Crippen molar-refractivity contribution in [1.82, 2.24) is 4.98 Å². The molecule has 1 rings (SSSR count). The Morgan fingerprint density at radius 1 is 1.60 bits per heavy atom. The molecule has 1 aromatic rings. The van der Waals surface area contributed by atoms with Crippen LogP contribution in [0.25, 0.3) is 0 Å². The Bertz CT molecular complexity index is 253. The van der Waals surface area contributed by atoms with E-state index in [-0.39, 0.29) is 12.4 Å². The van der Waals surface area contributed by atoms with E-state index in [1.54, 1.807) is 18.3 Å². The van der Waals surface area contributed by atoms with E-state index in [0.29, 0.717) is 11.4 Å². The third-order valence-electron chi connectivity index (χ3n) is 0.959. The van der Waals surface area contributed by atoms with E-state index in [2.05, 4.69) is 4.98 Å². The van der Waals surface area contributed by atoms with Crippen molar-refractivity contribution in [2.24, 2.45) is 0 Å². The third-order valence-corrected chi connectivity index (χ3v) is 0.959. The van der Waals surface area contributed by atoms with Crippen LogP contribution in [0.1, 0.15) is 5.56 Å². The molecule has 0 aliphatic rings. The van der Waals surface area contributed by atoms with Crippen LogP contribution in [0.5, 0.6) is 0 Å². The number of nitrogen functional groups attached to an aromatic ring is 1. The highest BCUT2D eigenvalue weighted by Crippen LogP contribution is 2.02. The van der Waals surface area contributed by atoms with Gasteiger partial charge in [-0.25, -0.2) is 4.98 Å². The molecule has 0 saturated heterocycles. The fourth-order valence-electron chi connectivity index (χ4n) is 0.512. The minimum Gasteiger partial charge on any atom is -0.383 e. The predicted octanol–water partition coefficient (Wildman–Crippen LogP) is 0.957.